The van der Waals surface area contributed by atoms with Crippen molar-refractivity contribution in [3.8, 4) is 0 Å². The average Bonchev–Trinajstić information content (AvgIpc) is 2.81. The maximum atomic E-state index is 12.9. The molecule has 1 aromatic carbocycles. The predicted octanol–water partition coefficient (Wildman–Crippen LogP) is 3.04. The average molecular weight is 368 g/mol. The summed E-state index contributed by atoms with van der Waals surface area (Å²) in [6.07, 6.45) is -3.71. The molecule has 124 valence electrons. The maximum absolute atomic E-state index is 12.9. The first-order valence-electron chi connectivity index (χ1n) is 5.96. The molecule has 1 atom stereocenters. The van der Waals surface area contributed by atoms with E-state index in [0.717, 1.165) is 12.3 Å². The maximum Gasteiger partial charge on any atom is 0.421 e. The fourth-order valence-electron chi connectivity index (χ4n) is 1.75. The second-order valence-corrected chi connectivity index (χ2v) is 6.03. The molecule has 0 spiro atoms. The summed E-state index contributed by atoms with van der Waals surface area (Å²) in [7, 11) is 0. The molecule has 1 heterocycles. The number of alkyl halides is 3. The molecule has 11 heteroatoms. The normalized spacial score (nSPS) is 13.0. The standard InChI is InChI=1S/C12H9ClF3N3O3S/c1-5-18-19-11(22-5)17-10(20)6-3-4-7(12(14,15)16)9(8(6)13)23(2)21/h3-4H,1-2H3,(H,17,19,20). The van der Waals surface area contributed by atoms with Gasteiger partial charge in [0.1, 0.15) is 16.8 Å². The Kier molecular flexibility index (Phi) is 4.87. The molecule has 0 fully saturated rings. The number of benzene rings is 1. The lowest BCUT2D eigenvalue weighted by Crippen LogP contribution is -2.18. The summed E-state index contributed by atoms with van der Waals surface area (Å²) in [5, 5.41) is 8.66. The van der Waals surface area contributed by atoms with Gasteiger partial charge in [0.15, 0.2) is 4.90 Å². The third-order valence-electron chi connectivity index (χ3n) is 2.68. The Labute approximate surface area is 136 Å². The predicted molar refractivity (Wildman–Crippen MR) is 75.8 cm³/mol. The molecular formula is C12H9ClF3N3O3S. The topological polar surface area (TPSA) is 91.1 Å². The largest absolute Gasteiger partial charge is 0.612 e. The van der Waals surface area contributed by atoms with Gasteiger partial charge in [0, 0.05) is 6.92 Å². The molecule has 0 radical (unpaired) electrons. The molecule has 6 nitrogen and oxygen atoms in total. The third kappa shape index (κ3) is 3.77. The first-order chi connectivity index (χ1) is 10.6. The lowest BCUT2D eigenvalue weighted by atomic mass is 10.1. The molecule has 1 unspecified atom stereocenters. The van der Waals surface area contributed by atoms with Crippen molar-refractivity contribution in [1.29, 1.82) is 0 Å². The second-order valence-electron chi connectivity index (χ2n) is 4.34. The van der Waals surface area contributed by atoms with Gasteiger partial charge in [-0.15, -0.1) is 5.10 Å². The Morgan fingerprint density at radius 1 is 1.39 bits per heavy atom. The SMILES string of the molecule is Cc1nnc(NC(=O)c2ccc(C(F)(F)F)c([S+](C)[O-])c2Cl)o1. The highest BCUT2D eigenvalue weighted by Gasteiger charge is 2.39. The van der Waals surface area contributed by atoms with E-state index in [-0.39, 0.29) is 17.5 Å². The number of aryl methyl sites for hydroxylation is 1. The van der Waals surface area contributed by atoms with Crippen molar-refractivity contribution in [2.45, 2.75) is 18.0 Å². The minimum Gasteiger partial charge on any atom is -0.612 e. The van der Waals surface area contributed by atoms with Crippen molar-refractivity contribution in [3.63, 3.8) is 0 Å². The Balaban J connectivity index is 2.44. The van der Waals surface area contributed by atoms with Gasteiger partial charge in [-0.05, 0) is 23.3 Å². The van der Waals surface area contributed by atoms with E-state index in [4.69, 9.17) is 16.0 Å². The van der Waals surface area contributed by atoms with Crippen LogP contribution in [0.1, 0.15) is 21.8 Å². The number of amides is 1. The quantitative estimate of drug-likeness (QED) is 0.842. The summed E-state index contributed by atoms with van der Waals surface area (Å²) in [6.45, 7) is 1.49. The van der Waals surface area contributed by atoms with E-state index in [1.165, 1.54) is 6.92 Å². The van der Waals surface area contributed by atoms with Crippen LogP contribution in [0.5, 0.6) is 0 Å². The van der Waals surface area contributed by atoms with E-state index >= 15 is 0 Å². The zero-order valence-electron chi connectivity index (χ0n) is 11.7. The molecule has 1 aromatic heterocycles. The van der Waals surface area contributed by atoms with Crippen LogP contribution in [0.3, 0.4) is 0 Å². The van der Waals surface area contributed by atoms with Gasteiger partial charge in [-0.2, -0.15) is 13.2 Å². The molecule has 0 saturated heterocycles. The molecular weight excluding hydrogens is 359 g/mol. The lowest BCUT2D eigenvalue weighted by Gasteiger charge is -2.16. The van der Waals surface area contributed by atoms with Crippen molar-refractivity contribution in [2.75, 3.05) is 11.6 Å². The fraction of sp³-hybridized carbons (Fsp3) is 0.250. The second kappa shape index (κ2) is 6.38. The smallest absolute Gasteiger partial charge is 0.421 e. The van der Waals surface area contributed by atoms with Gasteiger partial charge in [0.2, 0.25) is 5.89 Å². The zero-order valence-corrected chi connectivity index (χ0v) is 13.3. The minimum atomic E-state index is -4.75. The number of aromatic nitrogens is 2. The van der Waals surface area contributed by atoms with Crippen LogP contribution in [0, 0.1) is 6.92 Å². The van der Waals surface area contributed by atoms with Gasteiger partial charge in [0.25, 0.3) is 5.91 Å². The monoisotopic (exact) mass is 367 g/mol. The summed E-state index contributed by atoms with van der Waals surface area (Å²) in [5.41, 5.74) is -1.45. The van der Waals surface area contributed by atoms with Crippen molar-refractivity contribution >= 4 is 34.7 Å². The molecule has 0 aliphatic rings. The Morgan fingerprint density at radius 3 is 2.52 bits per heavy atom. The highest BCUT2D eigenvalue weighted by molar-refractivity contribution is 7.90. The highest BCUT2D eigenvalue weighted by Crippen LogP contribution is 2.39. The summed E-state index contributed by atoms with van der Waals surface area (Å²) in [6, 6.07) is 1.30. The minimum absolute atomic E-state index is 0.189. The van der Waals surface area contributed by atoms with Crippen LogP contribution in [-0.2, 0) is 17.4 Å². The van der Waals surface area contributed by atoms with Gasteiger partial charge in [0.05, 0.1) is 5.56 Å². The van der Waals surface area contributed by atoms with E-state index in [0.29, 0.717) is 6.07 Å². The summed E-state index contributed by atoms with van der Waals surface area (Å²) >= 11 is 3.81. The van der Waals surface area contributed by atoms with Gasteiger partial charge < -0.3 is 8.97 Å². The van der Waals surface area contributed by atoms with Gasteiger partial charge >= 0.3 is 12.2 Å². The Bertz CT molecular complexity index is 749. The Morgan fingerprint density at radius 2 is 2.04 bits per heavy atom. The number of hydrogen-bond donors (Lipinski definition) is 1. The lowest BCUT2D eigenvalue weighted by molar-refractivity contribution is -0.139. The van der Waals surface area contributed by atoms with Crippen molar-refractivity contribution in [2.24, 2.45) is 0 Å². The van der Waals surface area contributed by atoms with Crippen LogP contribution in [0.15, 0.2) is 21.4 Å². The van der Waals surface area contributed by atoms with Crippen molar-refractivity contribution in [3.05, 3.63) is 34.2 Å². The molecule has 23 heavy (non-hydrogen) atoms. The molecule has 0 aliphatic heterocycles. The van der Waals surface area contributed by atoms with Crippen LogP contribution in [0.4, 0.5) is 19.2 Å². The van der Waals surface area contributed by atoms with Crippen LogP contribution in [-0.4, -0.2) is 26.9 Å². The van der Waals surface area contributed by atoms with E-state index in [1.54, 1.807) is 0 Å². The van der Waals surface area contributed by atoms with Crippen LogP contribution >= 0.6 is 11.6 Å². The van der Waals surface area contributed by atoms with Crippen molar-refractivity contribution < 1.29 is 26.9 Å². The number of rotatable bonds is 3. The van der Waals surface area contributed by atoms with E-state index in [2.05, 4.69) is 15.5 Å². The highest BCUT2D eigenvalue weighted by atomic mass is 35.5. The number of halogens is 4. The molecule has 0 saturated carbocycles. The van der Waals surface area contributed by atoms with Gasteiger partial charge in [-0.25, -0.2) is 0 Å². The first-order valence-corrected chi connectivity index (χ1v) is 7.89. The Hall–Kier alpha value is -1.78. The summed E-state index contributed by atoms with van der Waals surface area (Å²) in [4.78, 5) is 11.4. The first kappa shape index (κ1) is 17.6. The van der Waals surface area contributed by atoms with E-state index < -0.39 is 38.7 Å². The van der Waals surface area contributed by atoms with Gasteiger partial charge in [-0.1, -0.05) is 16.7 Å². The number of hydrogen-bond acceptors (Lipinski definition) is 5. The number of nitrogens with one attached hydrogen (secondary N) is 1. The number of anilines is 1. The van der Waals surface area contributed by atoms with Crippen LogP contribution in [0.25, 0.3) is 0 Å². The molecule has 0 bridgehead atoms. The third-order valence-corrected chi connectivity index (χ3v) is 4.18. The van der Waals surface area contributed by atoms with E-state index in [1.807, 2.05) is 0 Å². The number of carbonyl (C=O) groups is 1. The molecule has 1 N–H and O–H groups in total. The molecule has 2 aromatic rings. The van der Waals surface area contributed by atoms with Crippen LogP contribution in [0.2, 0.25) is 5.02 Å². The molecule has 0 aliphatic carbocycles. The number of nitrogens with zero attached hydrogens (tertiary/aromatic N) is 2. The molecule has 1 amide bonds. The fourth-order valence-corrected chi connectivity index (χ4v) is 3.18. The van der Waals surface area contributed by atoms with E-state index in [9.17, 15) is 22.5 Å². The summed E-state index contributed by atoms with van der Waals surface area (Å²) in [5.74, 6) is -0.673. The summed E-state index contributed by atoms with van der Waals surface area (Å²) < 4.78 is 55.4. The van der Waals surface area contributed by atoms with Gasteiger partial charge in [-0.3, -0.25) is 10.1 Å². The number of carbonyl (C=O) groups excluding carboxylic acids is 1. The zero-order chi connectivity index (χ0) is 17.4. The van der Waals surface area contributed by atoms with Crippen LogP contribution < -0.4 is 5.32 Å². The van der Waals surface area contributed by atoms with Crippen molar-refractivity contribution in [1.82, 2.24) is 10.2 Å². The molecule has 2 rings (SSSR count).